The number of unbranched alkanes of at least 4 members (excludes halogenated alkanes) is 11. The van der Waals surface area contributed by atoms with Crippen molar-refractivity contribution in [3.8, 4) is 11.5 Å². The van der Waals surface area contributed by atoms with Gasteiger partial charge in [0.25, 0.3) is 0 Å². The molecule has 0 amide bonds. The van der Waals surface area contributed by atoms with E-state index in [1.807, 2.05) is 24.3 Å². The highest BCUT2D eigenvalue weighted by Gasteiger charge is 2.15. The summed E-state index contributed by atoms with van der Waals surface area (Å²) in [6.07, 6.45) is 18.7. The molecule has 4 heteroatoms. The fourth-order valence-corrected chi connectivity index (χ4v) is 3.93. The monoisotopic (exact) mass is 453 g/mol. The summed E-state index contributed by atoms with van der Waals surface area (Å²) >= 11 is 0. The topological polar surface area (TPSA) is 48.4 Å². The molecule has 4 nitrogen and oxygen atoms in total. The maximum Gasteiger partial charge on any atom is 0.362 e. The zero-order valence-electron chi connectivity index (χ0n) is 20.8. The fourth-order valence-electron chi connectivity index (χ4n) is 3.93. The second-order valence-electron chi connectivity index (χ2n) is 8.86. The van der Waals surface area contributed by atoms with Gasteiger partial charge in [0, 0.05) is 6.20 Å². The number of carbonyl (C=O) groups is 1. The van der Waals surface area contributed by atoms with Crippen molar-refractivity contribution < 1.29 is 14.3 Å². The molecule has 0 bridgehead atoms. The Kier molecular flexibility index (Phi) is 14.0. The van der Waals surface area contributed by atoms with Crippen LogP contribution in [0.4, 0.5) is 0 Å². The smallest absolute Gasteiger partial charge is 0.362 e. The van der Waals surface area contributed by atoms with Crippen LogP contribution < -0.4 is 9.47 Å². The van der Waals surface area contributed by atoms with Gasteiger partial charge in [0.05, 0.1) is 6.61 Å². The number of ether oxygens (including phenoxy) is 2. The average molecular weight is 454 g/mol. The van der Waals surface area contributed by atoms with Gasteiger partial charge >= 0.3 is 5.97 Å². The van der Waals surface area contributed by atoms with Crippen LogP contribution in [-0.2, 0) is 6.42 Å². The Hall–Kier alpha value is -2.36. The lowest BCUT2D eigenvalue weighted by molar-refractivity contribution is 0.0727. The van der Waals surface area contributed by atoms with Crippen molar-refractivity contribution in [1.82, 2.24) is 4.98 Å². The van der Waals surface area contributed by atoms with Gasteiger partial charge in [-0.05, 0) is 55.2 Å². The summed E-state index contributed by atoms with van der Waals surface area (Å²) in [5.41, 5.74) is 1.39. The van der Waals surface area contributed by atoms with Crippen molar-refractivity contribution in [2.75, 3.05) is 6.61 Å². The number of rotatable bonds is 18. The molecule has 1 aromatic carbocycles. The van der Waals surface area contributed by atoms with Crippen molar-refractivity contribution >= 4 is 5.97 Å². The summed E-state index contributed by atoms with van der Waals surface area (Å²) in [7, 11) is 0. The SMILES string of the molecule is CCCCCCCCCc1cccnc1C(=O)Oc1ccc(OCCCCCCCC)cc1. The first-order valence-electron chi connectivity index (χ1n) is 13.1. The Morgan fingerprint density at radius 1 is 0.727 bits per heavy atom. The number of aryl methyl sites for hydroxylation is 1. The number of aromatic nitrogens is 1. The lowest BCUT2D eigenvalue weighted by Gasteiger charge is -2.10. The molecule has 0 saturated carbocycles. The van der Waals surface area contributed by atoms with E-state index in [2.05, 4.69) is 18.8 Å². The number of nitrogens with zero attached hydrogens (tertiary/aromatic N) is 1. The van der Waals surface area contributed by atoms with E-state index in [-0.39, 0.29) is 0 Å². The lowest BCUT2D eigenvalue weighted by atomic mass is 10.0. The van der Waals surface area contributed by atoms with Gasteiger partial charge in [-0.25, -0.2) is 9.78 Å². The van der Waals surface area contributed by atoms with Crippen molar-refractivity contribution in [2.24, 2.45) is 0 Å². The lowest BCUT2D eigenvalue weighted by Crippen LogP contribution is -2.13. The molecular formula is C29H43NO3. The van der Waals surface area contributed by atoms with Crippen LogP contribution in [0.3, 0.4) is 0 Å². The van der Waals surface area contributed by atoms with Gasteiger partial charge in [-0.2, -0.15) is 0 Å². The van der Waals surface area contributed by atoms with Crippen LogP contribution in [-0.4, -0.2) is 17.6 Å². The Bertz CT molecular complexity index is 773. The second-order valence-corrected chi connectivity index (χ2v) is 8.86. The third-order valence-corrected chi connectivity index (χ3v) is 5.94. The first-order chi connectivity index (χ1) is 16.2. The number of pyridine rings is 1. The first kappa shape index (κ1) is 26.9. The molecule has 0 aliphatic heterocycles. The number of hydrogen-bond donors (Lipinski definition) is 0. The number of carbonyl (C=O) groups excluding carboxylic acids is 1. The molecular weight excluding hydrogens is 410 g/mol. The molecule has 2 rings (SSSR count). The average Bonchev–Trinajstić information content (AvgIpc) is 2.84. The molecule has 0 unspecified atom stereocenters. The number of esters is 1. The highest BCUT2D eigenvalue weighted by Crippen LogP contribution is 2.20. The minimum Gasteiger partial charge on any atom is -0.494 e. The molecule has 0 aliphatic carbocycles. The van der Waals surface area contributed by atoms with Crippen LogP contribution >= 0.6 is 0 Å². The Morgan fingerprint density at radius 2 is 1.30 bits per heavy atom. The summed E-state index contributed by atoms with van der Waals surface area (Å²) < 4.78 is 11.4. The van der Waals surface area contributed by atoms with Crippen LogP contribution in [0.2, 0.25) is 0 Å². The molecule has 0 spiro atoms. The molecule has 2 aromatic rings. The first-order valence-corrected chi connectivity index (χ1v) is 13.1. The van der Waals surface area contributed by atoms with Crippen molar-refractivity contribution in [3.63, 3.8) is 0 Å². The van der Waals surface area contributed by atoms with Gasteiger partial charge < -0.3 is 9.47 Å². The van der Waals surface area contributed by atoms with Crippen molar-refractivity contribution in [1.29, 1.82) is 0 Å². The van der Waals surface area contributed by atoms with Crippen LogP contribution in [0.15, 0.2) is 42.6 Å². The summed E-state index contributed by atoms with van der Waals surface area (Å²) in [4.78, 5) is 17.0. The molecule has 182 valence electrons. The van der Waals surface area contributed by atoms with E-state index < -0.39 is 5.97 Å². The minimum absolute atomic E-state index is 0.394. The normalized spacial score (nSPS) is 10.8. The van der Waals surface area contributed by atoms with E-state index >= 15 is 0 Å². The maximum absolute atomic E-state index is 12.7. The number of hydrogen-bond acceptors (Lipinski definition) is 4. The van der Waals surface area contributed by atoms with Crippen LogP contribution in [0.5, 0.6) is 11.5 Å². The molecule has 1 aromatic heterocycles. The molecule has 0 atom stereocenters. The van der Waals surface area contributed by atoms with Gasteiger partial charge in [-0.3, -0.25) is 0 Å². The summed E-state index contributed by atoms with van der Waals surface area (Å²) in [6, 6.07) is 11.2. The molecule has 0 aliphatic rings. The van der Waals surface area contributed by atoms with Crippen LogP contribution in [0, 0.1) is 0 Å². The zero-order chi connectivity index (χ0) is 23.6. The van der Waals surface area contributed by atoms with E-state index in [9.17, 15) is 4.79 Å². The molecule has 0 radical (unpaired) electrons. The van der Waals surface area contributed by atoms with E-state index in [1.165, 1.54) is 70.6 Å². The largest absolute Gasteiger partial charge is 0.494 e. The molecule has 33 heavy (non-hydrogen) atoms. The summed E-state index contributed by atoms with van der Waals surface area (Å²) in [5.74, 6) is 0.926. The molecule has 0 saturated heterocycles. The predicted octanol–water partition coefficient (Wildman–Crippen LogP) is 8.33. The predicted molar refractivity (Wildman–Crippen MR) is 136 cm³/mol. The van der Waals surface area contributed by atoms with E-state index in [0.29, 0.717) is 11.4 Å². The molecule has 0 N–H and O–H groups in total. The van der Waals surface area contributed by atoms with Gasteiger partial charge in [0.2, 0.25) is 0 Å². The highest BCUT2D eigenvalue weighted by molar-refractivity contribution is 5.90. The standard InChI is InChI=1S/C29H43NO3/c1-3-5-7-9-11-12-14-17-25-18-16-23-30-28(25)29(31)33-27-21-19-26(20-22-27)32-24-15-13-10-8-6-4-2/h16,18-23H,3-15,17,24H2,1-2H3. The van der Waals surface area contributed by atoms with E-state index in [0.717, 1.165) is 37.2 Å². The van der Waals surface area contributed by atoms with E-state index in [4.69, 9.17) is 9.47 Å². The summed E-state index contributed by atoms with van der Waals surface area (Å²) in [5, 5.41) is 0. The van der Waals surface area contributed by atoms with Gasteiger partial charge in [-0.15, -0.1) is 0 Å². The van der Waals surface area contributed by atoms with Crippen molar-refractivity contribution in [3.05, 3.63) is 53.9 Å². The molecule has 1 heterocycles. The van der Waals surface area contributed by atoms with E-state index in [1.54, 1.807) is 18.3 Å². The summed E-state index contributed by atoms with van der Waals surface area (Å²) in [6.45, 7) is 5.19. The van der Waals surface area contributed by atoms with Gasteiger partial charge in [-0.1, -0.05) is 90.5 Å². The van der Waals surface area contributed by atoms with Gasteiger partial charge in [0.15, 0.2) is 5.69 Å². The van der Waals surface area contributed by atoms with Crippen LogP contribution in [0.25, 0.3) is 0 Å². The fraction of sp³-hybridized carbons (Fsp3) is 0.586. The Labute approximate surface area is 201 Å². The van der Waals surface area contributed by atoms with Crippen molar-refractivity contribution in [2.45, 2.75) is 104 Å². The number of benzene rings is 1. The third kappa shape index (κ3) is 11.4. The highest BCUT2D eigenvalue weighted by atomic mass is 16.5. The minimum atomic E-state index is -0.394. The third-order valence-electron chi connectivity index (χ3n) is 5.94. The van der Waals surface area contributed by atoms with Gasteiger partial charge in [0.1, 0.15) is 11.5 Å². The quantitative estimate of drug-likeness (QED) is 0.129. The van der Waals surface area contributed by atoms with Crippen LogP contribution in [0.1, 0.15) is 113 Å². The Balaban J connectivity index is 1.74. The molecule has 0 fully saturated rings. The maximum atomic E-state index is 12.7. The zero-order valence-corrected chi connectivity index (χ0v) is 20.8. The second kappa shape index (κ2) is 17.2. The Morgan fingerprint density at radius 3 is 1.97 bits per heavy atom.